The van der Waals surface area contributed by atoms with Crippen molar-refractivity contribution in [2.75, 3.05) is 0 Å². The first-order valence-corrected chi connectivity index (χ1v) is 2.19. The molecule has 7 heteroatoms. The van der Waals surface area contributed by atoms with Crippen molar-refractivity contribution in [1.82, 2.24) is 0 Å². The summed E-state index contributed by atoms with van der Waals surface area (Å²) in [5.41, 5.74) is 0. The number of rotatable bonds is 0. The molecule has 0 aliphatic carbocycles. The van der Waals surface area contributed by atoms with E-state index in [0.717, 1.165) is 0 Å². The summed E-state index contributed by atoms with van der Waals surface area (Å²) in [5, 5.41) is 0. The van der Waals surface area contributed by atoms with Crippen LogP contribution in [-0.2, 0) is 4.57 Å². The minimum atomic E-state index is -5.39. The Hall–Kier alpha value is 1.32. The van der Waals surface area contributed by atoms with Crippen LogP contribution in [0, 0.1) is 0 Å². The van der Waals surface area contributed by atoms with E-state index in [0.29, 0.717) is 0 Å². The fraction of sp³-hybridized carbons (Fsp3) is 0. The molecule has 0 unspecified atom stereocenters. The van der Waals surface area contributed by atoms with Crippen molar-refractivity contribution in [2.24, 2.45) is 0 Å². The molecule has 0 aromatic rings. The molecule has 0 fully saturated rings. The Labute approximate surface area is 66.7 Å². The summed E-state index contributed by atoms with van der Waals surface area (Å²) in [5.74, 6) is 0. The van der Waals surface area contributed by atoms with Crippen LogP contribution in [0.25, 0.3) is 0 Å². The van der Waals surface area contributed by atoms with Gasteiger partial charge in [-0.05, 0) is 0 Å². The van der Waals surface area contributed by atoms with Crippen LogP contribution >= 0.6 is 20.2 Å². The first-order valence-electron chi connectivity index (χ1n) is 0.730. The molecule has 0 aliphatic rings. The van der Waals surface area contributed by atoms with E-state index < -0.39 is 7.82 Å². The normalized spacial score (nSPS) is 8.43. The monoisotopic (exact) mass is 340 g/mol. The molecule has 0 spiro atoms. The molecule has 0 amide bonds. The van der Waals surface area contributed by atoms with Gasteiger partial charge in [0.25, 0.3) is 0 Å². The van der Waals surface area contributed by atoms with Gasteiger partial charge in [-0.2, -0.15) is 7.82 Å². The van der Waals surface area contributed by atoms with Crippen molar-refractivity contribution in [1.29, 1.82) is 0 Å². The second-order valence-corrected chi connectivity index (χ2v) is 1.34. The van der Waals surface area contributed by atoms with Gasteiger partial charge in [-0.3, -0.25) is 0 Å². The van der Waals surface area contributed by atoms with Gasteiger partial charge in [0.2, 0.25) is 0 Å². The molecular weight excluding hydrogens is 338 g/mol. The molecule has 0 aromatic carbocycles. The Kier molecular flexibility index (Phi) is 12.3. The molecule has 0 aliphatic heterocycles. The van der Waals surface area contributed by atoms with Gasteiger partial charge in [-0.1, -0.05) is 0 Å². The number of hydrogen-bond donors (Lipinski definition) is 0. The average molecular weight is 340 g/mol. The van der Waals surface area contributed by atoms with Crippen molar-refractivity contribution in [3.05, 3.63) is 0 Å². The van der Waals surface area contributed by atoms with Gasteiger partial charge in [0.1, 0.15) is 0 Å². The standard InChI is InChI=1S/ClH.H3O4P.Pb.H/c;1-5(2,3)4;;/h1H;(H3,1,2,3,4);;/q;;+3;/p-3. The van der Waals surface area contributed by atoms with Crippen LogP contribution in [0.5, 0.6) is 0 Å². The second kappa shape index (κ2) is 5.46. The summed E-state index contributed by atoms with van der Waals surface area (Å²) < 4.78 is 8.55. The van der Waals surface area contributed by atoms with E-state index in [-0.39, 0.29) is 39.7 Å². The predicted molar refractivity (Wildman–Crippen MR) is 22.0 cm³/mol. The Morgan fingerprint density at radius 1 is 1.14 bits per heavy atom. The first kappa shape index (κ1) is 15.8. The fourth-order valence-corrected chi connectivity index (χ4v) is 0. The summed E-state index contributed by atoms with van der Waals surface area (Å²) in [6.45, 7) is 0. The maximum absolute atomic E-state index is 8.55. The van der Waals surface area contributed by atoms with E-state index in [4.69, 9.17) is 19.2 Å². The van der Waals surface area contributed by atoms with Gasteiger partial charge in [-0.15, -0.1) is 12.4 Å². The minimum absolute atomic E-state index is 0. The molecule has 0 rings (SSSR count). The van der Waals surface area contributed by atoms with Crippen LogP contribution in [0.15, 0.2) is 0 Å². The summed E-state index contributed by atoms with van der Waals surface area (Å²) >= 11 is 0. The molecule has 7 heavy (non-hydrogen) atoms. The maximum atomic E-state index is 8.55. The van der Waals surface area contributed by atoms with Gasteiger partial charge in [0.05, 0.1) is 0 Å². The molecule has 0 radical (unpaired) electrons. The number of hydrogen-bond acceptors (Lipinski definition) is 4. The molecule has 0 saturated heterocycles. The van der Waals surface area contributed by atoms with Crippen LogP contribution in [-0.4, -0.2) is 27.3 Å². The number of halogens is 1. The Morgan fingerprint density at radius 2 is 1.14 bits per heavy atom. The SMILES string of the molecule is Cl.O=P([O-])([O-])[O-].[PbH+3]. The van der Waals surface area contributed by atoms with Crippen LogP contribution in [0.2, 0.25) is 0 Å². The van der Waals surface area contributed by atoms with E-state index in [9.17, 15) is 0 Å². The van der Waals surface area contributed by atoms with E-state index >= 15 is 0 Å². The summed E-state index contributed by atoms with van der Waals surface area (Å²) in [4.78, 5) is 25.6. The molecule has 4 nitrogen and oxygen atoms in total. The van der Waals surface area contributed by atoms with E-state index in [2.05, 4.69) is 0 Å². The Balaban J connectivity index is -0.0000000800. The molecule has 0 saturated carbocycles. The third-order valence-electron chi connectivity index (χ3n) is 0. The Morgan fingerprint density at radius 3 is 1.14 bits per heavy atom. The summed E-state index contributed by atoms with van der Waals surface area (Å²) in [6, 6.07) is 0. The quantitative estimate of drug-likeness (QED) is 0.347. The van der Waals surface area contributed by atoms with Crippen molar-refractivity contribution < 1.29 is 19.2 Å². The first-order chi connectivity index (χ1) is 2.00. The van der Waals surface area contributed by atoms with Crippen LogP contribution in [0.1, 0.15) is 0 Å². The van der Waals surface area contributed by atoms with E-state index in [1.807, 2.05) is 0 Å². The van der Waals surface area contributed by atoms with Crippen molar-refractivity contribution in [3.8, 4) is 0 Å². The zero-order chi connectivity index (χ0) is 4.50. The second-order valence-electron chi connectivity index (χ2n) is 0.447. The van der Waals surface area contributed by atoms with Crippen LogP contribution in [0.3, 0.4) is 0 Å². The average Bonchev–Trinajstić information content (AvgIpc) is 0.722. The van der Waals surface area contributed by atoms with Gasteiger partial charge in [-0.25, -0.2) is 0 Å². The van der Waals surface area contributed by atoms with Gasteiger partial charge < -0.3 is 19.2 Å². The molecule has 0 bridgehead atoms. The van der Waals surface area contributed by atoms with Crippen LogP contribution < -0.4 is 14.7 Å². The molecule has 0 N–H and O–H groups in total. The molecule has 42 valence electrons. The van der Waals surface area contributed by atoms with Crippen molar-refractivity contribution in [3.63, 3.8) is 0 Å². The van der Waals surface area contributed by atoms with Crippen molar-refractivity contribution in [2.45, 2.75) is 0 Å². The van der Waals surface area contributed by atoms with Gasteiger partial charge >= 0.3 is 27.3 Å². The Bertz CT molecular complexity index is 57.8. The zero-order valence-corrected chi connectivity index (χ0v) is 9.27. The third kappa shape index (κ3) is 119. The number of phosphoric acid groups is 1. The predicted octanol–water partition coefficient (Wildman–Crippen LogP) is -3.05. The topological polar surface area (TPSA) is 86.2 Å². The molecule has 0 aromatic heterocycles. The fourth-order valence-electron chi connectivity index (χ4n) is 0. The summed E-state index contributed by atoms with van der Waals surface area (Å²) in [6.07, 6.45) is 0. The zero-order valence-electron chi connectivity index (χ0n) is 3.07. The van der Waals surface area contributed by atoms with E-state index in [1.54, 1.807) is 0 Å². The van der Waals surface area contributed by atoms with Crippen LogP contribution in [0.4, 0.5) is 0 Å². The molecular formula is H2ClO4PPb. The summed E-state index contributed by atoms with van der Waals surface area (Å²) in [7, 11) is -5.39. The van der Waals surface area contributed by atoms with Crippen molar-refractivity contribution >= 4 is 47.5 Å². The molecule has 0 atom stereocenters. The van der Waals surface area contributed by atoms with Gasteiger partial charge in [0, 0.05) is 0 Å². The third-order valence-corrected chi connectivity index (χ3v) is 0. The van der Waals surface area contributed by atoms with Gasteiger partial charge in [0.15, 0.2) is 0 Å². The molecule has 0 heterocycles. The van der Waals surface area contributed by atoms with E-state index in [1.165, 1.54) is 0 Å².